The molecule has 170 valence electrons. The highest BCUT2D eigenvalue weighted by molar-refractivity contribution is 5.84. The number of nitrogens with zero attached hydrogens (tertiary/aromatic N) is 1. The SMILES string of the molecule is CCC1(O)CCC2C(CCC3C2CCC2(C)C(C(=O)CN4CCOCC4)CCC32)C1. The fourth-order valence-electron chi connectivity index (χ4n) is 8.90. The Morgan fingerprint density at radius 2 is 1.77 bits per heavy atom. The van der Waals surface area contributed by atoms with E-state index in [0.717, 1.165) is 81.6 Å². The molecule has 0 amide bonds. The third-order valence-electron chi connectivity index (χ3n) is 10.6. The molecule has 5 rings (SSSR count). The quantitative estimate of drug-likeness (QED) is 0.741. The lowest BCUT2D eigenvalue weighted by atomic mass is 9.48. The van der Waals surface area contributed by atoms with Crippen molar-refractivity contribution in [1.29, 1.82) is 0 Å². The molecule has 0 bridgehead atoms. The van der Waals surface area contributed by atoms with E-state index < -0.39 is 0 Å². The van der Waals surface area contributed by atoms with Gasteiger partial charge in [-0.05, 0) is 99.2 Å². The standard InChI is InChI=1S/C26H43NO3/c1-3-26(29)11-9-19-18(16-26)4-5-21-20(19)8-10-25(2)22(21)6-7-23(25)24(28)17-27-12-14-30-15-13-27/h18-23,29H,3-17H2,1-2H3. The molecule has 5 aliphatic rings. The molecule has 4 aliphatic carbocycles. The maximum Gasteiger partial charge on any atom is 0.150 e. The Morgan fingerprint density at radius 1 is 1.00 bits per heavy atom. The van der Waals surface area contributed by atoms with Gasteiger partial charge in [0.2, 0.25) is 0 Å². The summed E-state index contributed by atoms with van der Waals surface area (Å²) in [6.45, 7) is 8.66. The van der Waals surface area contributed by atoms with E-state index in [4.69, 9.17) is 4.74 Å². The first-order valence-corrected chi connectivity index (χ1v) is 13.0. The number of carbonyl (C=O) groups is 1. The molecule has 4 heteroatoms. The average Bonchev–Trinajstić information content (AvgIpc) is 3.11. The summed E-state index contributed by atoms with van der Waals surface area (Å²) < 4.78 is 5.47. The van der Waals surface area contributed by atoms with Crippen molar-refractivity contribution >= 4 is 5.78 Å². The van der Waals surface area contributed by atoms with Crippen LogP contribution in [0.4, 0.5) is 0 Å². The number of hydrogen-bond acceptors (Lipinski definition) is 4. The van der Waals surface area contributed by atoms with E-state index in [9.17, 15) is 9.90 Å². The van der Waals surface area contributed by atoms with Crippen LogP contribution in [0.25, 0.3) is 0 Å². The van der Waals surface area contributed by atoms with E-state index in [1.165, 1.54) is 38.5 Å². The molecular weight excluding hydrogens is 374 g/mol. The molecule has 8 atom stereocenters. The van der Waals surface area contributed by atoms with E-state index in [-0.39, 0.29) is 16.9 Å². The molecule has 1 heterocycles. The predicted octanol–water partition coefficient (Wildman–Crippen LogP) is 4.30. The summed E-state index contributed by atoms with van der Waals surface area (Å²) in [5.41, 5.74) is -0.155. The first-order valence-electron chi connectivity index (χ1n) is 13.0. The largest absolute Gasteiger partial charge is 0.390 e. The second-order valence-electron chi connectivity index (χ2n) is 11.8. The van der Waals surface area contributed by atoms with Gasteiger partial charge in [0.1, 0.15) is 5.78 Å². The summed E-state index contributed by atoms with van der Waals surface area (Å²) in [5.74, 6) is 4.82. The van der Waals surface area contributed by atoms with Gasteiger partial charge in [-0.15, -0.1) is 0 Å². The third-order valence-corrected chi connectivity index (χ3v) is 10.6. The Morgan fingerprint density at radius 3 is 2.53 bits per heavy atom. The predicted molar refractivity (Wildman–Crippen MR) is 118 cm³/mol. The Balaban J connectivity index is 1.27. The van der Waals surface area contributed by atoms with Gasteiger partial charge in [-0.2, -0.15) is 0 Å². The number of morpholine rings is 1. The number of aliphatic hydroxyl groups is 1. The average molecular weight is 418 g/mol. The normalized spacial score (nSPS) is 49.2. The number of fused-ring (bicyclic) bond motifs is 5. The van der Waals surface area contributed by atoms with Gasteiger partial charge in [-0.1, -0.05) is 13.8 Å². The second-order valence-corrected chi connectivity index (χ2v) is 11.8. The van der Waals surface area contributed by atoms with Crippen molar-refractivity contribution in [2.75, 3.05) is 32.8 Å². The minimum absolute atomic E-state index is 0.232. The van der Waals surface area contributed by atoms with Crippen molar-refractivity contribution in [1.82, 2.24) is 4.90 Å². The lowest BCUT2D eigenvalue weighted by Crippen LogP contribution is -2.52. The van der Waals surface area contributed by atoms with Gasteiger partial charge in [-0.25, -0.2) is 0 Å². The van der Waals surface area contributed by atoms with E-state index in [0.29, 0.717) is 12.3 Å². The van der Waals surface area contributed by atoms with Crippen LogP contribution in [0.2, 0.25) is 0 Å². The number of ether oxygens (including phenoxy) is 1. The van der Waals surface area contributed by atoms with Crippen LogP contribution < -0.4 is 0 Å². The molecule has 1 aliphatic heterocycles. The summed E-state index contributed by atoms with van der Waals surface area (Å²) in [4.78, 5) is 15.7. The van der Waals surface area contributed by atoms with Crippen molar-refractivity contribution in [3.8, 4) is 0 Å². The fraction of sp³-hybridized carbons (Fsp3) is 0.962. The minimum Gasteiger partial charge on any atom is -0.390 e. The molecule has 0 aromatic heterocycles. The highest BCUT2D eigenvalue weighted by Gasteiger charge is 2.58. The molecule has 1 saturated heterocycles. The van der Waals surface area contributed by atoms with Gasteiger partial charge in [-0.3, -0.25) is 9.69 Å². The van der Waals surface area contributed by atoms with E-state index in [2.05, 4.69) is 18.7 Å². The highest BCUT2D eigenvalue weighted by atomic mass is 16.5. The molecule has 5 fully saturated rings. The van der Waals surface area contributed by atoms with Gasteiger partial charge < -0.3 is 9.84 Å². The molecule has 8 unspecified atom stereocenters. The zero-order valence-electron chi connectivity index (χ0n) is 19.3. The minimum atomic E-state index is -0.387. The lowest BCUT2D eigenvalue weighted by Gasteiger charge is -2.57. The summed E-state index contributed by atoms with van der Waals surface area (Å²) in [7, 11) is 0. The van der Waals surface area contributed by atoms with Crippen molar-refractivity contribution < 1.29 is 14.6 Å². The van der Waals surface area contributed by atoms with Crippen LogP contribution in [-0.4, -0.2) is 54.2 Å². The van der Waals surface area contributed by atoms with Crippen molar-refractivity contribution in [3.63, 3.8) is 0 Å². The second kappa shape index (κ2) is 8.15. The molecule has 0 aromatic rings. The summed E-state index contributed by atoms with van der Waals surface area (Å²) in [6.07, 6.45) is 11.8. The molecule has 0 aromatic carbocycles. The Bertz CT molecular complexity index is 646. The number of rotatable bonds is 4. The number of carbonyl (C=O) groups excluding carboxylic acids is 1. The van der Waals surface area contributed by atoms with Crippen LogP contribution in [0.15, 0.2) is 0 Å². The molecule has 0 radical (unpaired) electrons. The van der Waals surface area contributed by atoms with Crippen molar-refractivity contribution in [2.24, 2.45) is 40.9 Å². The van der Waals surface area contributed by atoms with Gasteiger partial charge in [0.15, 0.2) is 0 Å². The zero-order chi connectivity index (χ0) is 20.9. The summed E-state index contributed by atoms with van der Waals surface area (Å²) >= 11 is 0. The summed E-state index contributed by atoms with van der Waals surface area (Å²) in [6, 6.07) is 0. The molecule has 4 saturated carbocycles. The van der Waals surface area contributed by atoms with E-state index in [1.54, 1.807) is 0 Å². The van der Waals surface area contributed by atoms with E-state index in [1.807, 2.05) is 0 Å². The molecule has 30 heavy (non-hydrogen) atoms. The first kappa shape index (κ1) is 21.4. The maximum atomic E-state index is 13.4. The fourth-order valence-corrected chi connectivity index (χ4v) is 8.90. The van der Waals surface area contributed by atoms with Crippen molar-refractivity contribution in [3.05, 3.63) is 0 Å². The Hall–Kier alpha value is -0.450. The topological polar surface area (TPSA) is 49.8 Å². The van der Waals surface area contributed by atoms with Gasteiger partial charge >= 0.3 is 0 Å². The van der Waals surface area contributed by atoms with Crippen LogP contribution >= 0.6 is 0 Å². The lowest BCUT2D eigenvalue weighted by molar-refractivity contribution is -0.134. The third kappa shape index (κ3) is 3.59. The summed E-state index contributed by atoms with van der Waals surface area (Å²) in [5, 5.41) is 10.9. The zero-order valence-corrected chi connectivity index (χ0v) is 19.3. The number of ketones is 1. The van der Waals surface area contributed by atoms with Gasteiger partial charge in [0.25, 0.3) is 0 Å². The molecule has 4 nitrogen and oxygen atoms in total. The number of Topliss-reactive ketones (excluding diaryl/α,β-unsaturated/α-hetero) is 1. The van der Waals surface area contributed by atoms with Crippen LogP contribution in [0.3, 0.4) is 0 Å². The number of hydrogen-bond donors (Lipinski definition) is 1. The van der Waals surface area contributed by atoms with Gasteiger partial charge in [0, 0.05) is 19.0 Å². The van der Waals surface area contributed by atoms with Crippen LogP contribution in [0, 0.1) is 40.9 Å². The van der Waals surface area contributed by atoms with E-state index >= 15 is 0 Å². The molecular formula is C26H43NO3. The highest BCUT2D eigenvalue weighted by Crippen LogP contribution is 2.64. The Kier molecular flexibility index (Phi) is 5.82. The van der Waals surface area contributed by atoms with Crippen LogP contribution in [0.1, 0.15) is 78.1 Å². The smallest absolute Gasteiger partial charge is 0.150 e. The maximum absolute atomic E-state index is 13.4. The van der Waals surface area contributed by atoms with Crippen LogP contribution in [-0.2, 0) is 9.53 Å². The monoisotopic (exact) mass is 417 g/mol. The van der Waals surface area contributed by atoms with Gasteiger partial charge in [0.05, 0.1) is 25.4 Å². The Labute approximate surface area is 183 Å². The first-order chi connectivity index (χ1) is 14.4. The molecule has 0 spiro atoms. The molecule has 1 N–H and O–H groups in total. The van der Waals surface area contributed by atoms with Crippen molar-refractivity contribution in [2.45, 2.75) is 83.7 Å². The van der Waals surface area contributed by atoms with Crippen LogP contribution in [0.5, 0.6) is 0 Å².